The number of likely N-dealkylation sites (tertiary alicyclic amines) is 2. The van der Waals surface area contributed by atoms with Crippen LogP contribution in [0.2, 0.25) is 0 Å². The van der Waals surface area contributed by atoms with Crippen molar-refractivity contribution in [3.8, 4) is 0 Å². The number of piperidine rings is 1. The van der Waals surface area contributed by atoms with Crippen molar-refractivity contribution in [3.63, 3.8) is 0 Å². The Labute approximate surface area is 156 Å². The topological polar surface area (TPSA) is 81.2 Å². The van der Waals surface area contributed by atoms with Gasteiger partial charge in [0.2, 0.25) is 11.8 Å². The van der Waals surface area contributed by atoms with E-state index < -0.39 is 12.1 Å². The summed E-state index contributed by atoms with van der Waals surface area (Å²) in [7, 11) is 3.50. The standard InChI is InChI=1S/C15H25N3O2.C2HF3O2/c1-16(2)15(20)10-18-13-7-8-17(9-11-3-4-11)12(13)5-6-14(18)19;3-2(4,5)1(6)7/h11-13H,3-10H2,1-2H3;(H,6,7)/t12-,13-;/m1./s1. The molecular weight excluding hydrogens is 367 g/mol. The molecule has 0 radical (unpaired) electrons. The summed E-state index contributed by atoms with van der Waals surface area (Å²) in [5.41, 5.74) is 0. The largest absolute Gasteiger partial charge is 0.490 e. The summed E-state index contributed by atoms with van der Waals surface area (Å²) in [4.78, 5) is 39.0. The van der Waals surface area contributed by atoms with E-state index in [-0.39, 0.29) is 24.4 Å². The second-order valence-corrected chi connectivity index (χ2v) is 7.51. The molecule has 1 N–H and O–H groups in total. The quantitative estimate of drug-likeness (QED) is 0.776. The Morgan fingerprint density at radius 2 is 1.74 bits per heavy atom. The van der Waals surface area contributed by atoms with Gasteiger partial charge in [-0.05, 0) is 31.6 Å². The molecule has 0 aromatic heterocycles. The van der Waals surface area contributed by atoms with E-state index in [2.05, 4.69) is 4.90 Å². The van der Waals surface area contributed by atoms with Crippen molar-refractivity contribution < 1.29 is 32.7 Å². The summed E-state index contributed by atoms with van der Waals surface area (Å²) in [6.07, 6.45) is 0.265. The number of carbonyl (C=O) groups is 3. The second kappa shape index (κ2) is 8.45. The first-order valence-corrected chi connectivity index (χ1v) is 9.04. The molecule has 27 heavy (non-hydrogen) atoms. The number of likely N-dealkylation sites (N-methyl/N-ethyl adjacent to an activating group) is 1. The summed E-state index contributed by atoms with van der Waals surface area (Å²) in [6.45, 7) is 2.54. The highest BCUT2D eigenvalue weighted by atomic mass is 19.4. The third-order valence-corrected chi connectivity index (χ3v) is 5.24. The van der Waals surface area contributed by atoms with E-state index in [9.17, 15) is 22.8 Å². The van der Waals surface area contributed by atoms with Gasteiger partial charge in [-0.2, -0.15) is 13.2 Å². The lowest BCUT2D eigenvalue weighted by Crippen LogP contribution is -2.54. The number of alkyl halides is 3. The van der Waals surface area contributed by atoms with Gasteiger partial charge in [0, 0.05) is 45.7 Å². The fraction of sp³-hybridized carbons (Fsp3) is 0.824. The zero-order valence-electron chi connectivity index (χ0n) is 15.5. The predicted molar refractivity (Wildman–Crippen MR) is 89.8 cm³/mol. The highest BCUT2D eigenvalue weighted by Crippen LogP contribution is 2.36. The van der Waals surface area contributed by atoms with Gasteiger partial charge < -0.3 is 14.9 Å². The van der Waals surface area contributed by atoms with E-state index in [4.69, 9.17) is 9.90 Å². The maximum atomic E-state index is 12.2. The molecule has 3 rings (SSSR count). The van der Waals surface area contributed by atoms with Gasteiger partial charge in [-0.1, -0.05) is 0 Å². The Bertz CT molecular complexity index is 578. The number of carboxylic acids is 1. The van der Waals surface area contributed by atoms with E-state index in [1.54, 1.807) is 19.0 Å². The fourth-order valence-electron chi connectivity index (χ4n) is 3.59. The molecule has 0 aromatic carbocycles. The zero-order chi connectivity index (χ0) is 20.4. The maximum Gasteiger partial charge on any atom is 0.490 e. The van der Waals surface area contributed by atoms with Crippen molar-refractivity contribution in [2.75, 3.05) is 33.7 Å². The van der Waals surface area contributed by atoms with Crippen LogP contribution in [0.15, 0.2) is 0 Å². The Kier molecular flexibility index (Phi) is 6.72. The smallest absolute Gasteiger partial charge is 0.475 e. The van der Waals surface area contributed by atoms with Gasteiger partial charge in [-0.25, -0.2) is 4.79 Å². The van der Waals surface area contributed by atoms with E-state index in [0.717, 1.165) is 25.3 Å². The second-order valence-electron chi connectivity index (χ2n) is 7.51. The fourth-order valence-corrected chi connectivity index (χ4v) is 3.59. The summed E-state index contributed by atoms with van der Waals surface area (Å²) < 4.78 is 31.7. The zero-order valence-corrected chi connectivity index (χ0v) is 15.5. The lowest BCUT2D eigenvalue weighted by atomic mass is 9.96. The van der Waals surface area contributed by atoms with Gasteiger partial charge in [0.25, 0.3) is 0 Å². The van der Waals surface area contributed by atoms with Crippen molar-refractivity contribution in [1.29, 1.82) is 0 Å². The number of carbonyl (C=O) groups excluding carboxylic acids is 2. The minimum Gasteiger partial charge on any atom is -0.475 e. The van der Waals surface area contributed by atoms with Crippen molar-refractivity contribution >= 4 is 17.8 Å². The van der Waals surface area contributed by atoms with Gasteiger partial charge >= 0.3 is 12.1 Å². The number of aliphatic carboxylic acids is 1. The minimum atomic E-state index is -5.08. The highest BCUT2D eigenvalue weighted by molar-refractivity contribution is 5.85. The lowest BCUT2D eigenvalue weighted by Gasteiger charge is -2.40. The van der Waals surface area contributed by atoms with Crippen molar-refractivity contribution in [2.45, 2.75) is 50.4 Å². The van der Waals surface area contributed by atoms with Crippen LogP contribution in [0.3, 0.4) is 0 Å². The highest BCUT2D eigenvalue weighted by Gasteiger charge is 2.44. The minimum absolute atomic E-state index is 0.0274. The lowest BCUT2D eigenvalue weighted by molar-refractivity contribution is -0.192. The van der Waals surface area contributed by atoms with Crippen LogP contribution >= 0.6 is 0 Å². The molecule has 0 aromatic rings. The first kappa shape index (κ1) is 21.5. The van der Waals surface area contributed by atoms with E-state index >= 15 is 0 Å². The van der Waals surface area contributed by atoms with Crippen LogP contribution in [0.25, 0.3) is 0 Å². The number of nitrogens with zero attached hydrogens (tertiary/aromatic N) is 3. The number of halogens is 3. The van der Waals surface area contributed by atoms with Crippen molar-refractivity contribution in [1.82, 2.24) is 14.7 Å². The number of carboxylic acid groups (broad SMARTS) is 1. The molecule has 0 unspecified atom stereocenters. The Morgan fingerprint density at radius 3 is 2.22 bits per heavy atom. The maximum absolute atomic E-state index is 12.2. The number of amides is 2. The van der Waals surface area contributed by atoms with E-state index in [1.807, 2.05) is 4.90 Å². The molecule has 10 heteroatoms. The number of hydrogen-bond acceptors (Lipinski definition) is 4. The molecule has 0 bridgehead atoms. The first-order valence-electron chi connectivity index (χ1n) is 9.04. The molecule has 2 atom stereocenters. The number of hydrogen-bond donors (Lipinski definition) is 1. The molecule has 7 nitrogen and oxygen atoms in total. The molecule has 0 spiro atoms. The third-order valence-electron chi connectivity index (χ3n) is 5.24. The summed E-state index contributed by atoms with van der Waals surface area (Å²) >= 11 is 0. The molecule has 2 aliphatic heterocycles. The van der Waals surface area contributed by atoms with Gasteiger partial charge in [0.1, 0.15) is 6.54 Å². The SMILES string of the molecule is CN(C)C(=O)CN1C(=O)CC[C@@H]2[C@H]1CCN2CC1CC1.O=C(O)C(F)(F)F. The molecule has 1 saturated carbocycles. The third kappa shape index (κ3) is 5.82. The molecule has 2 heterocycles. The van der Waals surface area contributed by atoms with E-state index in [0.29, 0.717) is 12.5 Å². The molecule has 3 aliphatic rings. The normalized spacial score (nSPS) is 25.5. The van der Waals surface area contributed by atoms with Gasteiger partial charge in [-0.3, -0.25) is 14.5 Å². The Hall–Kier alpha value is -1.84. The van der Waals surface area contributed by atoms with Gasteiger partial charge in [0.05, 0.1) is 0 Å². The van der Waals surface area contributed by atoms with Crippen molar-refractivity contribution in [2.24, 2.45) is 5.92 Å². The average Bonchev–Trinajstić information content (AvgIpc) is 3.28. The van der Waals surface area contributed by atoms with Crippen LogP contribution < -0.4 is 0 Å². The molecule has 2 amide bonds. The van der Waals surface area contributed by atoms with Crippen LogP contribution in [0.4, 0.5) is 13.2 Å². The van der Waals surface area contributed by atoms with E-state index in [1.165, 1.54) is 19.4 Å². The van der Waals surface area contributed by atoms with Crippen LogP contribution in [0, 0.1) is 5.92 Å². The van der Waals surface area contributed by atoms with Crippen LogP contribution in [-0.4, -0.2) is 89.6 Å². The first-order chi connectivity index (χ1) is 12.5. The molecular formula is C17H26F3N3O4. The number of rotatable bonds is 4. The Balaban J connectivity index is 0.000000321. The van der Waals surface area contributed by atoms with Crippen molar-refractivity contribution in [3.05, 3.63) is 0 Å². The predicted octanol–water partition coefficient (Wildman–Crippen LogP) is 1.18. The summed E-state index contributed by atoms with van der Waals surface area (Å²) in [6, 6.07) is 0.752. The monoisotopic (exact) mass is 393 g/mol. The molecule has 2 saturated heterocycles. The average molecular weight is 393 g/mol. The summed E-state index contributed by atoms with van der Waals surface area (Å²) in [5, 5.41) is 7.12. The summed E-state index contributed by atoms with van der Waals surface area (Å²) in [5.74, 6) is -1.68. The molecule has 1 aliphatic carbocycles. The molecule has 3 fully saturated rings. The van der Waals surface area contributed by atoms with Crippen LogP contribution in [0.5, 0.6) is 0 Å². The number of fused-ring (bicyclic) bond motifs is 1. The van der Waals surface area contributed by atoms with Crippen LogP contribution in [0.1, 0.15) is 32.1 Å². The van der Waals surface area contributed by atoms with Crippen LogP contribution in [-0.2, 0) is 14.4 Å². The van der Waals surface area contributed by atoms with Gasteiger partial charge in [-0.15, -0.1) is 0 Å². The van der Waals surface area contributed by atoms with Gasteiger partial charge in [0.15, 0.2) is 0 Å². The Morgan fingerprint density at radius 1 is 1.15 bits per heavy atom. The molecule has 154 valence electrons.